The first-order chi connectivity index (χ1) is 37.9. The molecule has 6 amide bonds. The van der Waals surface area contributed by atoms with Gasteiger partial charge in [0.2, 0.25) is 23.6 Å². The average Bonchev–Trinajstić information content (AvgIpc) is 3.16. The van der Waals surface area contributed by atoms with Gasteiger partial charge in [0, 0.05) is 32.0 Å². The Balaban J connectivity index is 0.000000253. The van der Waals surface area contributed by atoms with Gasteiger partial charge in [-0.05, 0) is 126 Å². The van der Waals surface area contributed by atoms with Crippen molar-refractivity contribution in [2.24, 2.45) is 58.2 Å². The lowest BCUT2D eigenvalue weighted by atomic mass is 9.83. The van der Waals surface area contributed by atoms with Crippen LogP contribution in [-0.2, 0) is 52.5 Å². The zero-order chi connectivity index (χ0) is 60.1. The van der Waals surface area contributed by atoms with Crippen molar-refractivity contribution >= 4 is 47.8 Å². The molecule has 8 N–H and O–H groups in total. The molecule has 0 spiro atoms. The number of nitrogens with one attached hydrogen (secondary N) is 4. The van der Waals surface area contributed by atoms with E-state index in [2.05, 4.69) is 49.0 Å². The number of methoxy groups -OCH3 is 1. The highest BCUT2D eigenvalue weighted by molar-refractivity contribution is 5.95. The molecule has 0 bridgehead atoms. The van der Waals surface area contributed by atoms with Crippen molar-refractivity contribution in [1.29, 1.82) is 0 Å². The van der Waals surface area contributed by atoms with Crippen LogP contribution in [0.3, 0.4) is 0 Å². The number of amides is 6. The molecular formula is C58H96N6O17. The second kappa shape index (κ2) is 26.8. The normalized spacial score (nSPS) is 28.0. The molecule has 4 saturated heterocycles. The highest BCUT2D eigenvalue weighted by Gasteiger charge is 2.71. The van der Waals surface area contributed by atoms with E-state index in [0.717, 1.165) is 71.3 Å². The molecule has 4 saturated carbocycles. The Morgan fingerprint density at radius 3 is 1.21 bits per heavy atom. The van der Waals surface area contributed by atoms with Gasteiger partial charge in [-0.15, -0.1) is 0 Å². The fourth-order valence-corrected chi connectivity index (χ4v) is 13.6. The van der Waals surface area contributed by atoms with Crippen molar-refractivity contribution in [3.8, 4) is 0 Å². The number of esters is 1. The fraction of sp³-hybridized carbons (Fsp3) is 0.862. The summed E-state index contributed by atoms with van der Waals surface area (Å²) in [4.78, 5) is 108. The van der Waals surface area contributed by atoms with Gasteiger partial charge >= 0.3 is 24.1 Å². The summed E-state index contributed by atoms with van der Waals surface area (Å²) in [6.45, 7) is 21.6. The van der Waals surface area contributed by atoms with Crippen LogP contribution in [0.1, 0.15) is 146 Å². The summed E-state index contributed by atoms with van der Waals surface area (Å²) in [6, 6.07) is -5.08. The SMILES string of the molecule is CC(C)(C)OC(=O)N[C@H](C(=O)N1CC2[C@@H]([C@H]1C(=O)NC(CC1COC1)C(O)C(=O)O)C2(C)C)C1CCCCC1.CO.COC(=O)C(O)C(CC1COC1)NC(=O)[C@@H]1[C@@H]2C(CN1C(=O)[C@@H](NC(=O)OC(C)(C)C)C1CCCCC1)C2(C)C. The Bertz CT molecular complexity index is 2230. The predicted molar refractivity (Wildman–Crippen MR) is 294 cm³/mol. The first-order valence-electron chi connectivity index (χ1n) is 29.4. The average molecular weight is 1150 g/mol. The van der Waals surface area contributed by atoms with Crippen molar-refractivity contribution in [3.63, 3.8) is 0 Å². The van der Waals surface area contributed by atoms with Crippen molar-refractivity contribution in [2.75, 3.05) is 53.7 Å². The summed E-state index contributed by atoms with van der Waals surface area (Å²) in [7, 11) is 2.19. The zero-order valence-corrected chi connectivity index (χ0v) is 50.0. The van der Waals surface area contributed by atoms with Crippen LogP contribution < -0.4 is 21.3 Å². The van der Waals surface area contributed by atoms with Gasteiger partial charge in [-0.3, -0.25) is 19.2 Å². The summed E-state index contributed by atoms with van der Waals surface area (Å²) in [5, 5.41) is 48.8. The number of rotatable bonds is 18. The van der Waals surface area contributed by atoms with Gasteiger partial charge in [0.15, 0.2) is 12.2 Å². The van der Waals surface area contributed by atoms with Gasteiger partial charge < -0.3 is 75.2 Å². The fourth-order valence-electron chi connectivity index (χ4n) is 13.6. The molecule has 6 unspecified atom stereocenters. The third-order valence-electron chi connectivity index (χ3n) is 18.3. The minimum atomic E-state index is -1.77. The Labute approximate surface area is 477 Å². The van der Waals surface area contributed by atoms with E-state index in [9.17, 15) is 53.7 Å². The van der Waals surface area contributed by atoms with E-state index in [1.165, 1.54) is 7.11 Å². The Kier molecular flexibility index (Phi) is 21.6. The number of carboxylic acids is 1. The monoisotopic (exact) mass is 1150 g/mol. The molecular weight excluding hydrogens is 1050 g/mol. The smallest absolute Gasteiger partial charge is 0.408 e. The van der Waals surface area contributed by atoms with Crippen LogP contribution in [0, 0.1) is 58.2 Å². The first kappa shape index (κ1) is 65.3. The number of hydrogen-bond donors (Lipinski definition) is 8. The molecule has 81 heavy (non-hydrogen) atoms. The van der Waals surface area contributed by atoms with Gasteiger partial charge in [0.25, 0.3) is 0 Å². The summed E-state index contributed by atoms with van der Waals surface area (Å²) < 4.78 is 26.1. The Morgan fingerprint density at radius 2 is 0.914 bits per heavy atom. The van der Waals surface area contributed by atoms with Crippen LogP contribution in [0.5, 0.6) is 0 Å². The van der Waals surface area contributed by atoms with Crippen molar-refractivity contribution in [3.05, 3.63) is 0 Å². The Morgan fingerprint density at radius 1 is 0.568 bits per heavy atom. The summed E-state index contributed by atoms with van der Waals surface area (Å²) in [5.41, 5.74) is -1.72. The molecule has 4 aliphatic carbocycles. The number of ether oxygens (including phenoxy) is 5. The summed E-state index contributed by atoms with van der Waals surface area (Å²) in [5.74, 6) is -3.55. The van der Waals surface area contributed by atoms with Gasteiger partial charge in [-0.2, -0.15) is 0 Å². The number of likely N-dealkylation sites (tertiary alicyclic amines) is 2. The lowest BCUT2D eigenvalue weighted by molar-refractivity contribution is -0.154. The molecule has 460 valence electrons. The largest absolute Gasteiger partial charge is 0.479 e. The number of carboxylic acid groups (broad SMARTS) is 1. The molecule has 12 atom stereocenters. The molecule has 8 aliphatic rings. The van der Waals surface area contributed by atoms with Crippen LogP contribution in [0.15, 0.2) is 0 Å². The van der Waals surface area contributed by atoms with Crippen LogP contribution in [0.2, 0.25) is 0 Å². The number of aliphatic carboxylic acids is 1. The highest BCUT2D eigenvalue weighted by atomic mass is 16.6. The number of piperidine rings is 2. The highest BCUT2D eigenvalue weighted by Crippen LogP contribution is 2.66. The lowest BCUT2D eigenvalue weighted by Gasteiger charge is -2.38. The lowest BCUT2D eigenvalue weighted by Crippen LogP contribution is -2.60. The molecule has 0 aromatic rings. The van der Waals surface area contributed by atoms with E-state index >= 15 is 0 Å². The van der Waals surface area contributed by atoms with Crippen molar-refractivity contribution < 1.29 is 82.5 Å². The molecule has 4 aliphatic heterocycles. The molecule has 23 heteroatoms. The molecule has 0 aromatic heterocycles. The van der Waals surface area contributed by atoms with E-state index in [0.29, 0.717) is 45.9 Å². The van der Waals surface area contributed by atoms with E-state index in [1.54, 1.807) is 51.3 Å². The minimum absolute atomic E-state index is 0.0458. The number of alkyl carbamates (subject to hydrolysis) is 2. The van der Waals surface area contributed by atoms with Crippen LogP contribution in [0.25, 0.3) is 0 Å². The van der Waals surface area contributed by atoms with E-state index in [-0.39, 0.29) is 76.4 Å². The second-order valence-electron chi connectivity index (χ2n) is 27.1. The third-order valence-corrected chi connectivity index (χ3v) is 18.3. The van der Waals surface area contributed by atoms with E-state index < -0.39 is 95.6 Å². The van der Waals surface area contributed by atoms with Crippen molar-refractivity contribution in [2.45, 2.75) is 206 Å². The first-order valence-corrected chi connectivity index (χ1v) is 29.4. The van der Waals surface area contributed by atoms with Crippen LogP contribution in [-0.4, -0.2) is 191 Å². The number of carbonyl (C=O) groups excluding carboxylic acids is 7. The van der Waals surface area contributed by atoms with Gasteiger partial charge in [0.05, 0.1) is 45.6 Å². The van der Waals surface area contributed by atoms with Gasteiger partial charge in [-0.1, -0.05) is 66.2 Å². The molecule has 8 rings (SSSR count). The molecule has 8 fully saturated rings. The van der Waals surface area contributed by atoms with Crippen molar-refractivity contribution in [1.82, 2.24) is 31.1 Å². The molecule has 4 heterocycles. The number of hydrogen-bond acceptors (Lipinski definition) is 16. The van der Waals surface area contributed by atoms with E-state index in [4.69, 9.17) is 28.8 Å². The van der Waals surface area contributed by atoms with Gasteiger partial charge in [0.1, 0.15) is 35.4 Å². The molecule has 23 nitrogen and oxygen atoms in total. The molecule has 0 aromatic carbocycles. The van der Waals surface area contributed by atoms with Crippen LogP contribution in [0.4, 0.5) is 9.59 Å². The summed E-state index contributed by atoms with van der Waals surface area (Å²) >= 11 is 0. The number of carbonyl (C=O) groups is 8. The topological polar surface area (TPSA) is 318 Å². The number of fused-ring (bicyclic) bond motifs is 2. The standard InChI is InChI=1S/C29H47N3O8.C28H45N3O8.CH4O/c1-28(2,3)40-27(37)31-21(17-10-8-7-9-11-17)25(35)32-13-18-20(29(18,4)5)22(32)24(34)30-19(12-16-14-39-15-16)23(33)26(36)38-6;1-27(2,3)39-26(37)30-20(16-9-7-6-8-10-16)24(34)31-12-17-19(28(17,4)5)21(31)23(33)29-18(22(32)25(35)36)11-15-13-38-14-15;1-2/h16-23,33H,7-15H2,1-6H3,(H,30,34)(H,31,37);15-22,32H,6-14H2,1-5H3,(H,29,33)(H,30,37)(H,35,36);2H,1H3/t18?,19?,20-,21-,22-,23?;17?,18?,19-,20-,21-,22?;/m00./s1. The maximum atomic E-state index is 14.2. The predicted octanol–water partition coefficient (Wildman–Crippen LogP) is 3.52. The zero-order valence-electron chi connectivity index (χ0n) is 50.0. The molecule has 0 radical (unpaired) electrons. The maximum absolute atomic E-state index is 14.2. The minimum Gasteiger partial charge on any atom is -0.479 e. The number of nitrogens with zero attached hydrogens (tertiary/aromatic N) is 2. The number of aliphatic hydroxyl groups excluding tert-OH is 3. The Hall–Kier alpha value is -4.84. The maximum Gasteiger partial charge on any atom is 0.408 e. The number of aliphatic hydroxyl groups is 3. The second-order valence-corrected chi connectivity index (χ2v) is 27.1. The van der Waals surface area contributed by atoms with Crippen LogP contribution >= 0.6 is 0 Å². The summed E-state index contributed by atoms with van der Waals surface area (Å²) in [6.07, 6.45) is 5.27. The van der Waals surface area contributed by atoms with E-state index in [1.807, 2.05) is 0 Å². The van der Waals surface area contributed by atoms with Gasteiger partial charge in [-0.25, -0.2) is 19.2 Å². The quantitative estimate of drug-likeness (QED) is 0.0719. The third kappa shape index (κ3) is 15.9.